The van der Waals surface area contributed by atoms with Crippen LogP contribution in [0.5, 0.6) is 0 Å². The van der Waals surface area contributed by atoms with Gasteiger partial charge in [-0.25, -0.2) is 9.97 Å². The summed E-state index contributed by atoms with van der Waals surface area (Å²) in [5.74, 6) is 0.928. The summed E-state index contributed by atoms with van der Waals surface area (Å²) in [6, 6.07) is 11.8. The van der Waals surface area contributed by atoms with E-state index >= 15 is 0 Å². The first kappa shape index (κ1) is 20.5. The second-order valence-electron chi connectivity index (χ2n) is 8.13. The summed E-state index contributed by atoms with van der Waals surface area (Å²) >= 11 is 0. The Kier molecular flexibility index (Phi) is 7.15. The van der Waals surface area contributed by atoms with Gasteiger partial charge in [-0.1, -0.05) is 63.4 Å². The third-order valence-corrected chi connectivity index (χ3v) is 5.45. The molecule has 0 bridgehead atoms. The lowest BCUT2D eigenvalue weighted by Gasteiger charge is -2.30. The lowest BCUT2D eigenvalue weighted by Crippen LogP contribution is -2.52. The van der Waals surface area contributed by atoms with Crippen LogP contribution in [0.2, 0.25) is 0 Å². The first-order chi connectivity index (χ1) is 13.5. The maximum Gasteiger partial charge on any atom is 0.237 e. The van der Waals surface area contributed by atoms with Crippen molar-refractivity contribution in [1.29, 1.82) is 0 Å². The molecule has 0 saturated heterocycles. The smallest absolute Gasteiger partial charge is 0.237 e. The van der Waals surface area contributed by atoms with Gasteiger partial charge in [-0.3, -0.25) is 10.1 Å². The quantitative estimate of drug-likeness (QED) is 0.764. The summed E-state index contributed by atoms with van der Waals surface area (Å²) in [5.41, 5.74) is 1.98. The third kappa shape index (κ3) is 5.38. The van der Waals surface area contributed by atoms with E-state index in [-0.39, 0.29) is 23.9 Å². The molecule has 150 valence electrons. The van der Waals surface area contributed by atoms with Gasteiger partial charge in [-0.15, -0.1) is 0 Å². The van der Waals surface area contributed by atoms with Crippen molar-refractivity contribution in [2.24, 2.45) is 5.92 Å². The number of nitrogens with zero attached hydrogens (tertiary/aromatic N) is 2. The van der Waals surface area contributed by atoms with E-state index in [2.05, 4.69) is 46.6 Å². The van der Waals surface area contributed by atoms with Crippen LogP contribution >= 0.6 is 0 Å². The second kappa shape index (κ2) is 9.78. The van der Waals surface area contributed by atoms with Gasteiger partial charge in [0.1, 0.15) is 5.82 Å². The summed E-state index contributed by atoms with van der Waals surface area (Å²) in [7, 11) is 0. The van der Waals surface area contributed by atoms with Crippen LogP contribution in [-0.4, -0.2) is 28.0 Å². The zero-order valence-electron chi connectivity index (χ0n) is 17.2. The van der Waals surface area contributed by atoms with Crippen LogP contribution in [0, 0.1) is 12.8 Å². The molecule has 1 aliphatic carbocycles. The van der Waals surface area contributed by atoms with E-state index in [1.54, 1.807) is 6.20 Å². The SMILES string of the molecule is Cc1ccnc([C@H](N[C@H](C(=O)NC2CCCCC2)C(C)C)c2ccccc2)n1. The largest absolute Gasteiger partial charge is 0.352 e. The van der Waals surface area contributed by atoms with Crippen LogP contribution in [0.4, 0.5) is 0 Å². The third-order valence-electron chi connectivity index (χ3n) is 5.45. The molecule has 0 aliphatic heterocycles. The highest BCUT2D eigenvalue weighted by Crippen LogP contribution is 2.22. The predicted octanol–water partition coefficient (Wildman–Crippen LogP) is 3.94. The maximum absolute atomic E-state index is 13.1. The number of aryl methyl sites for hydroxylation is 1. The Labute approximate surface area is 168 Å². The van der Waals surface area contributed by atoms with E-state index in [0.717, 1.165) is 24.1 Å². The molecule has 0 unspecified atom stereocenters. The number of amides is 1. The minimum absolute atomic E-state index is 0.0792. The molecule has 1 fully saturated rings. The van der Waals surface area contributed by atoms with Gasteiger partial charge in [-0.2, -0.15) is 0 Å². The lowest BCUT2D eigenvalue weighted by atomic mass is 9.94. The first-order valence-electron chi connectivity index (χ1n) is 10.5. The van der Waals surface area contributed by atoms with Crippen molar-refractivity contribution in [3.63, 3.8) is 0 Å². The molecule has 3 rings (SSSR count). The number of carbonyl (C=O) groups excluding carboxylic acids is 1. The Morgan fingerprint density at radius 2 is 1.79 bits per heavy atom. The number of carbonyl (C=O) groups is 1. The molecule has 0 spiro atoms. The highest BCUT2D eigenvalue weighted by atomic mass is 16.2. The molecule has 0 radical (unpaired) electrons. The lowest BCUT2D eigenvalue weighted by molar-refractivity contribution is -0.125. The van der Waals surface area contributed by atoms with Gasteiger partial charge in [0.15, 0.2) is 0 Å². The molecule has 2 N–H and O–H groups in total. The molecule has 1 aromatic carbocycles. The van der Waals surface area contributed by atoms with Gasteiger partial charge in [0.2, 0.25) is 5.91 Å². The van der Waals surface area contributed by atoms with Crippen molar-refractivity contribution in [2.45, 2.75) is 71.0 Å². The molecular weight excluding hydrogens is 348 g/mol. The predicted molar refractivity (Wildman–Crippen MR) is 112 cm³/mol. The second-order valence-corrected chi connectivity index (χ2v) is 8.13. The average molecular weight is 381 g/mol. The maximum atomic E-state index is 13.1. The minimum atomic E-state index is -0.309. The van der Waals surface area contributed by atoms with Crippen molar-refractivity contribution in [1.82, 2.24) is 20.6 Å². The van der Waals surface area contributed by atoms with E-state index in [9.17, 15) is 4.79 Å². The number of hydrogen-bond donors (Lipinski definition) is 2. The summed E-state index contributed by atoms with van der Waals surface area (Å²) in [5, 5.41) is 6.84. The van der Waals surface area contributed by atoms with Gasteiger partial charge in [0.25, 0.3) is 0 Å². The molecule has 1 aromatic heterocycles. The summed E-state index contributed by atoms with van der Waals surface area (Å²) < 4.78 is 0. The molecule has 1 amide bonds. The van der Waals surface area contributed by atoms with E-state index in [1.807, 2.05) is 31.2 Å². The molecule has 1 heterocycles. The number of nitrogens with one attached hydrogen (secondary N) is 2. The van der Waals surface area contributed by atoms with Crippen LogP contribution in [0.15, 0.2) is 42.6 Å². The molecule has 1 aliphatic rings. The standard InChI is InChI=1S/C23H32N4O/c1-16(2)20(23(28)26-19-12-8-5-9-13-19)27-21(18-10-6-4-7-11-18)22-24-15-14-17(3)25-22/h4,6-7,10-11,14-16,19-21,27H,5,8-9,12-13H2,1-3H3,(H,26,28)/t20-,21+/m0/s1. The normalized spacial score (nSPS) is 17.3. The van der Waals surface area contributed by atoms with Crippen LogP contribution in [0.25, 0.3) is 0 Å². The molecule has 5 nitrogen and oxygen atoms in total. The summed E-state index contributed by atoms with van der Waals surface area (Å²) in [6.45, 7) is 6.12. The van der Waals surface area contributed by atoms with Crippen molar-refractivity contribution in [3.8, 4) is 0 Å². The molecular formula is C23H32N4O. The average Bonchev–Trinajstić information content (AvgIpc) is 2.69. The zero-order chi connectivity index (χ0) is 19.9. The molecule has 2 aromatic rings. The van der Waals surface area contributed by atoms with Crippen molar-refractivity contribution >= 4 is 5.91 Å². The van der Waals surface area contributed by atoms with E-state index in [4.69, 9.17) is 0 Å². The number of rotatable bonds is 7. The van der Waals surface area contributed by atoms with Crippen LogP contribution in [-0.2, 0) is 4.79 Å². The van der Waals surface area contributed by atoms with E-state index in [0.29, 0.717) is 11.9 Å². The van der Waals surface area contributed by atoms with Crippen molar-refractivity contribution in [3.05, 3.63) is 59.7 Å². The fourth-order valence-corrected chi connectivity index (χ4v) is 3.86. The Balaban J connectivity index is 1.82. The van der Waals surface area contributed by atoms with Crippen molar-refractivity contribution < 1.29 is 4.79 Å². The summed E-state index contributed by atoms with van der Waals surface area (Å²) in [6.07, 6.45) is 7.63. The topological polar surface area (TPSA) is 66.9 Å². The van der Waals surface area contributed by atoms with Gasteiger partial charge in [0, 0.05) is 17.9 Å². The monoisotopic (exact) mass is 380 g/mol. The number of benzene rings is 1. The van der Waals surface area contributed by atoms with Crippen LogP contribution in [0.3, 0.4) is 0 Å². The van der Waals surface area contributed by atoms with Crippen LogP contribution in [0.1, 0.15) is 69.1 Å². The molecule has 2 atom stereocenters. The highest BCUT2D eigenvalue weighted by Gasteiger charge is 2.29. The van der Waals surface area contributed by atoms with Gasteiger partial charge >= 0.3 is 0 Å². The zero-order valence-corrected chi connectivity index (χ0v) is 17.2. The van der Waals surface area contributed by atoms with E-state index in [1.165, 1.54) is 19.3 Å². The Morgan fingerprint density at radius 1 is 1.07 bits per heavy atom. The van der Waals surface area contributed by atoms with E-state index < -0.39 is 0 Å². The van der Waals surface area contributed by atoms with Gasteiger partial charge < -0.3 is 5.32 Å². The van der Waals surface area contributed by atoms with Gasteiger partial charge in [0.05, 0.1) is 12.1 Å². The fraction of sp³-hybridized carbons (Fsp3) is 0.522. The summed E-state index contributed by atoms with van der Waals surface area (Å²) in [4.78, 5) is 22.2. The number of hydrogen-bond acceptors (Lipinski definition) is 4. The molecule has 28 heavy (non-hydrogen) atoms. The van der Waals surface area contributed by atoms with Crippen molar-refractivity contribution in [2.75, 3.05) is 0 Å². The Bertz CT molecular complexity index is 756. The first-order valence-corrected chi connectivity index (χ1v) is 10.5. The Morgan fingerprint density at radius 3 is 2.43 bits per heavy atom. The minimum Gasteiger partial charge on any atom is -0.352 e. The fourth-order valence-electron chi connectivity index (χ4n) is 3.86. The number of aromatic nitrogens is 2. The van der Waals surface area contributed by atoms with Gasteiger partial charge in [-0.05, 0) is 37.3 Å². The van der Waals surface area contributed by atoms with Crippen LogP contribution < -0.4 is 10.6 Å². The Hall–Kier alpha value is -2.27. The molecule has 5 heteroatoms. The highest BCUT2D eigenvalue weighted by molar-refractivity contribution is 5.82. The molecule has 1 saturated carbocycles.